The molecule has 33 heavy (non-hydrogen) atoms. The van der Waals surface area contributed by atoms with Gasteiger partial charge in [-0.3, -0.25) is 0 Å². The lowest BCUT2D eigenvalue weighted by Crippen LogP contribution is -2.35. The second kappa shape index (κ2) is 10.8. The number of esters is 2. The van der Waals surface area contributed by atoms with Crippen molar-refractivity contribution in [3.05, 3.63) is 57.4 Å². The zero-order valence-electron chi connectivity index (χ0n) is 19.6. The maximum atomic E-state index is 13.5. The van der Waals surface area contributed by atoms with Crippen LogP contribution in [-0.4, -0.2) is 24.1 Å². The Morgan fingerprint density at radius 3 is 1.76 bits per heavy atom. The molecule has 5 nitrogen and oxygen atoms in total. The molecule has 0 spiro atoms. The quantitative estimate of drug-likeness (QED) is 0.508. The van der Waals surface area contributed by atoms with Gasteiger partial charge in [0.25, 0.3) is 0 Å². The van der Waals surface area contributed by atoms with Crippen molar-refractivity contribution in [2.75, 3.05) is 0 Å². The number of rotatable bonds is 5. The van der Waals surface area contributed by atoms with Crippen LogP contribution in [-0.2, 0) is 19.1 Å². The number of carbonyl (C=O) groups excluding carboxylic acids is 2. The van der Waals surface area contributed by atoms with Crippen LogP contribution in [0.1, 0.15) is 89.5 Å². The summed E-state index contributed by atoms with van der Waals surface area (Å²) in [4.78, 5) is 27.0. The zero-order valence-corrected chi connectivity index (χ0v) is 20.4. The summed E-state index contributed by atoms with van der Waals surface area (Å²) in [5.74, 6) is -1.32. The maximum absolute atomic E-state index is 13.5. The molecule has 2 saturated carbocycles. The van der Waals surface area contributed by atoms with Crippen molar-refractivity contribution in [1.29, 1.82) is 0 Å². The standard InChI is InChI=1S/C27H34ClNO4/c1-17-23(26(30)32-21-12-5-3-6-13-21)25(19-10-9-11-20(28)16-19)24(18(2)29-17)27(31)33-22-14-7-4-8-15-22/h9-11,16,21-22,25,29H,3-8,12-15H2,1-2H3. The number of halogens is 1. The lowest BCUT2D eigenvalue weighted by molar-refractivity contribution is -0.146. The topological polar surface area (TPSA) is 64.6 Å². The highest BCUT2D eigenvalue weighted by Crippen LogP contribution is 2.41. The summed E-state index contributed by atoms with van der Waals surface area (Å²) in [6.45, 7) is 3.73. The van der Waals surface area contributed by atoms with Crippen LogP contribution < -0.4 is 5.32 Å². The van der Waals surface area contributed by atoms with E-state index in [1.165, 1.54) is 12.8 Å². The summed E-state index contributed by atoms with van der Waals surface area (Å²) in [6.07, 6.45) is 10.1. The highest BCUT2D eigenvalue weighted by atomic mass is 35.5. The maximum Gasteiger partial charge on any atom is 0.337 e. The van der Waals surface area contributed by atoms with Crippen molar-refractivity contribution in [1.82, 2.24) is 5.32 Å². The number of ether oxygens (including phenoxy) is 2. The van der Waals surface area contributed by atoms with Crippen LogP contribution in [0.25, 0.3) is 0 Å². The van der Waals surface area contributed by atoms with Gasteiger partial charge in [-0.2, -0.15) is 0 Å². The molecule has 4 rings (SSSR count). The van der Waals surface area contributed by atoms with Gasteiger partial charge in [-0.15, -0.1) is 0 Å². The molecule has 2 fully saturated rings. The molecule has 1 aromatic rings. The van der Waals surface area contributed by atoms with E-state index in [1.54, 1.807) is 6.07 Å². The van der Waals surface area contributed by atoms with Crippen molar-refractivity contribution in [3.8, 4) is 0 Å². The molecule has 0 aromatic heterocycles. The van der Waals surface area contributed by atoms with E-state index in [0.717, 1.165) is 56.9 Å². The van der Waals surface area contributed by atoms with E-state index in [2.05, 4.69) is 5.32 Å². The lowest BCUT2D eigenvalue weighted by Gasteiger charge is -2.33. The fraction of sp³-hybridized carbons (Fsp3) is 0.556. The number of benzene rings is 1. The molecule has 0 saturated heterocycles. The summed E-state index contributed by atoms with van der Waals surface area (Å²) in [5, 5.41) is 3.81. The molecule has 3 aliphatic rings. The highest BCUT2D eigenvalue weighted by Gasteiger charge is 2.39. The first-order chi connectivity index (χ1) is 15.9. The van der Waals surface area contributed by atoms with Gasteiger partial charge in [-0.05, 0) is 82.9 Å². The van der Waals surface area contributed by atoms with E-state index < -0.39 is 5.92 Å². The van der Waals surface area contributed by atoms with Crippen LogP contribution >= 0.6 is 11.6 Å². The van der Waals surface area contributed by atoms with Crippen LogP contribution in [0.5, 0.6) is 0 Å². The monoisotopic (exact) mass is 471 g/mol. The van der Waals surface area contributed by atoms with Crippen LogP contribution in [0.2, 0.25) is 5.02 Å². The van der Waals surface area contributed by atoms with E-state index in [-0.39, 0.29) is 24.1 Å². The third-order valence-electron chi connectivity index (χ3n) is 7.03. The summed E-state index contributed by atoms with van der Waals surface area (Å²) in [7, 11) is 0. The van der Waals surface area contributed by atoms with Gasteiger partial charge in [-0.1, -0.05) is 36.6 Å². The average Bonchev–Trinajstić information content (AvgIpc) is 2.79. The Morgan fingerprint density at radius 1 is 0.818 bits per heavy atom. The molecule has 1 aromatic carbocycles. The molecule has 0 unspecified atom stereocenters. The summed E-state index contributed by atoms with van der Waals surface area (Å²) in [5.41, 5.74) is 3.11. The summed E-state index contributed by atoms with van der Waals surface area (Å²) < 4.78 is 11.9. The summed E-state index contributed by atoms with van der Waals surface area (Å²) in [6, 6.07) is 7.36. The predicted molar refractivity (Wildman–Crippen MR) is 129 cm³/mol. The molecule has 6 heteroatoms. The minimum atomic E-state index is -0.586. The number of dihydropyridines is 1. The van der Waals surface area contributed by atoms with Gasteiger partial charge in [0.1, 0.15) is 12.2 Å². The lowest BCUT2D eigenvalue weighted by atomic mass is 9.80. The van der Waals surface area contributed by atoms with Crippen molar-refractivity contribution >= 4 is 23.5 Å². The molecule has 0 amide bonds. The largest absolute Gasteiger partial charge is 0.459 e. The molecule has 0 bridgehead atoms. The van der Waals surface area contributed by atoms with E-state index in [4.69, 9.17) is 21.1 Å². The van der Waals surface area contributed by atoms with Gasteiger partial charge in [0, 0.05) is 16.4 Å². The van der Waals surface area contributed by atoms with E-state index in [9.17, 15) is 9.59 Å². The van der Waals surface area contributed by atoms with Crippen molar-refractivity contribution in [3.63, 3.8) is 0 Å². The van der Waals surface area contributed by atoms with E-state index >= 15 is 0 Å². The molecule has 178 valence electrons. The zero-order chi connectivity index (χ0) is 23.4. The normalized spacial score (nSPS) is 21.1. The first-order valence-electron chi connectivity index (χ1n) is 12.3. The number of allylic oxidation sites excluding steroid dienone is 2. The minimum Gasteiger partial charge on any atom is -0.459 e. The molecule has 0 radical (unpaired) electrons. The van der Waals surface area contributed by atoms with Gasteiger partial charge in [-0.25, -0.2) is 9.59 Å². The van der Waals surface area contributed by atoms with E-state index in [1.807, 2.05) is 32.0 Å². The molecule has 0 atom stereocenters. The third kappa shape index (κ3) is 5.63. The fourth-order valence-corrected chi connectivity index (χ4v) is 5.55. The Morgan fingerprint density at radius 2 is 1.30 bits per heavy atom. The van der Waals surface area contributed by atoms with Crippen LogP contribution in [0.15, 0.2) is 46.8 Å². The van der Waals surface area contributed by atoms with Crippen LogP contribution in [0.4, 0.5) is 0 Å². The Labute approximate surface area is 201 Å². The van der Waals surface area contributed by atoms with Gasteiger partial charge >= 0.3 is 11.9 Å². The van der Waals surface area contributed by atoms with Gasteiger partial charge < -0.3 is 14.8 Å². The van der Waals surface area contributed by atoms with Gasteiger partial charge in [0.15, 0.2) is 0 Å². The van der Waals surface area contributed by atoms with Crippen molar-refractivity contribution in [2.45, 2.75) is 96.2 Å². The van der Waals surface area contributed by atoms with Gasteiger partial charge in [0.2, 0.25) is 0 Å². The minimum absolute atomic E-state index is 0.0730. The number of hydrogen-bond donors (Lipinski definition) is 1. The first-order valence-corrected chi connectivity index (χ1v) is 12.7. The first kappa shape index (κ1) is 23.9. The predicted octanol–water partition coefficient (Wildman–Crippen LogP) is 6.33. The second-order valence-electron chi connectivity index (χ2n) is 9.52. The van der Waals surface area contributed by atoms with Crippen LogP contribution in [0, 0.1) is 0 Å². The van der Waals surface area contributed by atoms with Crippen LogP contribution in [0.3, 0.4) is 0 Å². The molecule has 1 aliphatic heterocycles. The average molecular weight is 472 g/mol. The number of hydrogen-bond acceptors (Lipinski definition) is 5. The van der Waals surface area contributed by atoms with Gasteiger partial charge in [0.05, 0.1) is 17.1 Å². The molecular weight excluding hydrogens is 438 g/mol. The van der Waals surface area contributed by atoms with Crippen molar-refractivity contribution in [2.24, 2.45) is 0 Å². The second-order valence-corrected chi connectivity index (χ2v) is 9.96. The fourth-order valence-electron chi connectivity index (χ4n) is 5.35. The Kier molecular flexibility index (Phi) is 7.79. The smallest absolute Gasteiger partial charge is 0.337 e. The summed E-state index contributed by atoms with van der Waals surface area (Å²) >= 11 is 6.32. The SMILES string of the molecule is CC1=C(C(=O)OC2CCCCC2)C(c2cccc(Cl)c2)C(C(=O)OC2CCCCC2)=C(C)N1. The third-order valence-corrected chi connectivity index (χ3v) is 7.27. The highest BCUT2D eigenvalue weighted by molar-refractivity contribution is 6.30. The Bertz CT molecular complexity index is 901. The van der Waals surface area contributed by atoms with E-state index in [0.29, 0.717) is 27.6 Å². The number of carbonyl (C=O) groups is 2. The van der Waals surface area contributed by atoms with Crippen molar-refractivity contribution < 1.29 is 19.1 Å². The molecule has 1 heterocycles. The molecule has 2 aliphatic carbocycles. The Balaban J connectivity index is 1.67. The molecular formula is C27H34ClNO4. The molecule has 1 N–H and O–H groups in total. The number of nitrogens with one attached hydrogen (secondary N) is 1. The Hall–Kier alpha value is -2.27.